The Morgan fingerprint density at radius 3 is 2.42 bits per heavy atom. The molecule has 0 fully saturated rings. The Hall–Kier alpha value is -3.52. The molecular weight excluding hydrogens is 424 g/mol. The number of carbonyl (C=O) groups excluding carboxylic acids is 2. The summed E-state index contributed by atoms with van der Waals surface area (Å²) in [5.41, 5.74) is 1.77. The lowest BCUT2D eigenvalue weighted by Gasteiger charge is -2.13. The number of anilines is 1. The fourth-order valence-electron chi connectivity index (χ4n) is 2.93. The van der Waals surface area contributed by atoms with Crippen molar-refractivity contribution in [3.05, 3.63) is 52.7 Å². The van der Waals surface area contributed by atoms with Gasteiger partial charge in [-0.2, -0.15) is 0 Å². The quantitative estimate of drug-likeness (QED) is 0.550. The summed E-state index contributed by atoms with van der Waals surface area (Å²) in [5, 5.41) is 3.65. The number of halogens is 1. The maximum atomic E-state index is 12.5. The van der Waals surface area contributed by atoms with Crippen molar-refractivity contribution < 1.29 is 28.5 Å². The van der Waals surface area contributed by atoms with Gasteiger partial charge in [0.25, 0.3) is 5.91 Å². The van der Waals surface area contributed by atoms with Crippen LogP contribution in [0.3, 0.4) is 0 Å². The molecule has 31 heavy (non-hydrogen) atoms. The number of hydrogen-bond acceptors (Lipinski definition) is 7. The second kappa shape index (κ2) is 9.53. The number of carbonyl (C=O) groups is 2. The number of benzene rings is 2. The predicted octanol–water partition coefficient (Wildman–Crippen LogP) is 4.02. The lowest BCUT2D eigenvalue weighted by Crippen LogP contribution is -2.21. The topological polar surface area (TPSA) is 96.0 Å². The molecule has 0 spiro atoms. The number of rotatable bonds is 7. The summed E-state index contributed by atoms with van der Waals surface area (Å²) in [4.78, 5) is 29.2. The van der Waals surface area contributed by atoms with Crippen LogP contribution < -0.4 is 19.5 Å². The van der Waals surface area contributed by atoms with E-state index in [0.29, 0.717) is 39.2 Å². The number of pyridine rings is 1. The van der Waals surface area contributed by atoms with E-state index in [4.69, 9.17) is 30.5 Å². The van der Waals surface area contributed by atoms with Gasteiger partial charge in [0.05, 0.1) is 48.8 Å². The summed E-state index contributed by atoms with van der Waals surface area (Å²) < 4.78 is 20.7. The van der Waals surface area contributed by atoms with Crippen LogP contribution in [0.4, 0.5) is 5.69 Å². The van der Waals surface area contributed by atoms with Crippen molar-refractivity contribution in [2.75, 3.05) is 33.3 Å². The number of nitrogens with zero attached hydrogens (tertiary/aromatic N) is 1. The smallest absolute Gasteiger partial charge is 0.340 e. The van der Waals surface area contributed by atoms with E-state index in [1.165, 1.54) is 20.3 Å². The summed E-state index contributed by atoms with van der Waals surface area (Å²) >= 11 is 6.10. The van der Waals surface area contributed by atoms with Gasteiger partial charge in [-0.05, 0) is 31.2 Å². The highest BCUT2D eigenvalue weighted by atomic mass is 35.5. The largest absolute Gasteiger partial charge is 0.497 e. The van der Waals surface area contributed by atoms with Gasteiger partial charge in [-0.1, -0.05) is 11.6 Å². The maximum Gasteiger partial charge on any atom is 0.340 e. The van der Waals surface area contributed by atoms with E-state index in [2.05, 4.69) is 10.3 Å². The standard InChI is InChI=1S/C22H21ClN2O6/c1-12-15(7-13-5-6-14(28-2)8-17(13)24-12)22(27)31-11-21(26)25-18-9-16(23)19(29-3)10-20(18)30-4/h5-10H,11H2,1-4H3,(H,25,26). The molecule has 0 saturated carbocycles. The molecule has 0 unspecified atom stereocenters. The molecule has 1 amide bonds. The monoisotopic (exact) mass is 444 g/mol. The van der Waals surface area contributed by atoms with Crippen LogP contribution in [0.25, 0.3) is 10.9 Å². The second-order valence-electron chi connectivity index (χ2n) is 6.49. The van der Waals surface area contributed by atoms with Crippen molar-refractivity contribution >= 4 is 40.1 Å². The number of aromatic nitrogens is 1. The van der Waals surface area contributed by atoms with E-state index in [9.17, 15) is 9.59 Å². The molecule has 2 aromatic carbocycles. The minimum absolute atomic E-state index is 0.274. The highest BCUT2D eigenvalue weighted by Gasteiger charge is 2.17. The number of esters is 1. The van der Waals surface area contributed by atoms with Gasteiger partial charge in [0, 0.05) is 17.5 Å². The molecule has 0 aliphatic rings. The molecule has 0 aliphatic heterocycles. The van der Waals surface area contributed by atoms with Gasteiger partial charge in [-0.25, -0.2) is 4.79 Å². The SMILES string of the molecule is COc1ccc2cc(C(=O)OCC(=O)Nc3cc(Cl)c(OC)cc3OC)c(C)nc2c1. The first-order chi connectivity index (χ1) is 14.9. The van der Waals surface area contributed by atoms with E-state index in [1.54, 1.807) is 44.4 Å². The van der Waals surface area contributed by atoms with E-state index in [1.807, 2.05) is 0 Å². The van der Waals surface area contributed by atoms with E-state index in [-0.39, 0.29) is 5.56 Å². The van der Waals surface area contributed by atoms with Crippen LogP contribution >= 0.6 is 11.6 Å². The lowest BCUT2D eigenvalue weighted by molar-refractivity contribution is -0.119. The van der Waals surface area contributed by atoms with Crippen molar-refractivity contribution in [3.8, 4) is 17.2 Å². The van der Waals surface area contributed by atoms with Crippen LogP contribution in [0.15, 0.2) is 36.4 Å². The first kappa shape index (κ1) is 22.2. The molecule has 0 bridgehead atoms. The zero-order valence-corrected chi connectivity index (χ0v) is 18.2. The Morgan fingerprint density at radius 1 is 1.00 bits per heavy atom. The van der Waals surface area contributed by atoms with Crippen molar-refractivity contribution in [1.29, 1.82) is 0 Å². The fourth-order valence-corrected chi connectivity index (χ4v) is 3.17. The van der Waals surface area contributed by atoms with Gasteiger partial charge >= 0.3 is 5.97 Å². The van der Waals surface area contributed by atoms with Crippen molar-refractivity contribution in [2.45, 2.75) is 6.92 Å². The van der Waals surface area contributed by atoms with Gasteiger partial charge in [0.2, 0.25) is 0 Å². The zero-order chi connectivity index (χ0) is 22.5. The molecule has 162 valence electrons. The molecule has 0 aliphatic carbocycles. The van der Waals surface area contributed by atoms with Crippen LogP contribution in [-0.4, -0.2) is 44.8 Å². The number of nitrogens with one attached hydrogen (secondary N) is 1. The predicted molar refractivity (Wildman–Crippen MR) is 117 cm³/mol. The van der Waals surface area contributed by atoms with Crippen LogP contribution in [0.1, 0.15) is 16.1 Å². The molecule has 0 saturated heterocycles. The van der Waals surface area contributed by atoms with Crippen LogP contribution in [-0.2, 0) is 9.53 Å². The van der Waals surface area contributed by atoms with Crippen LogP contribution in [0, 0.1) is 6.92 Å². The van der Waals surface area contributed by atoms with Crippen LogP contribution in [0.5, 0.6) is 17.2 Å². The van der Waals surface area contributed by atoms with Gasteiger partial charge in [0.15, 0.2) is 6.61 Å². The summed E-state index contributed by atoms with van der Waals surface area (Å²) in [6.45, 7) is 1.20. The molecule has 9 heteroatoms. The molecule has 0 radical (unpaired) electrons. The van der Waals surface area contributed by atoms with Gasteiger partial charge in [-0.3, -0.25) is 9.78 Å². The molecular formula is C22H21ClN2O6. The number of amides is 1. The van der Waals surface area contributed by atoms with Crippen molar-refractivity contribution in [1.82, 2.24) is 4.98 Å². The third-order valence-electron chi connectivity index (χ3n) is 4.52. The minimum atomic E-state index is -0.655. The van der Waals surface area contributed by atoms with E-state index >= 15 is 0 Å². The van der Waals surface area contributed by atoms with Crippen molar-refractivity contribution in [3.63, 3.8) is 0 Å². The first-order valence-electron chi connectivity index (χ1n) is 9.20. The minimum Gasteiger partial charge on any atom is -0.497 e. The van der Waals surface area contributed by atoms with Crippen molar-refractivity contribution in [2.24, 2.45) is 0 Å². The molecule has 1 heterocycles. The van der Waals surface area contributed by atoms with Gasteiger partial charge < -0.3 is 24.3 Å². The third-order valence-corrected chi connectivity index (χ3v) is 4.81. The third kappa shape index (κ3) is 4.97. The fraction of sp³-hybridized carbons (Fsp3) is 0.227. The summed E-state index contributed by atoms with van der Waals surface area (Å²) in [7, 11) is 4.49. The highest BCUT2D eigenvalue weighted by molar-refractivity contribution is 6.32. The zero-order valence-electron chi connectivity index (χ0n) is 17.4. The molecule has 0 atom stereocenters. The van der Waals surface area contributed by atoms with Crippen LogP contribution in [0.2, 0.25) is 5.02 Å². The number of ether oxygens (including phenoxy) is 4. The first-order valence-corrected chi connectivity index (χ1v) is 9.58. The number of hydrogen-bond donors (Lipinski definition) is 1. The van der Waals surface area contributed by atoms with Gasteiger partial charge in [-0.15, -0.1) is 0 Å². The Labute approximate surface area is 184 Å². The molecule has 3 rings (SSSR count). The maximum absolute atomic E-state index is 12.5. The number of aryl methyl sites for hydroxylation is 1. The summed E-state index contributed by atoms with van der Waals surface area (Å²) in [5.74, 6) is 0.216. The van der Waals surface area contributed by atoms with Gasteiger partial charge in [0.1, 0.15) is 17.2 Å². The lowest BCUT2D eigenvalue weighted by atomic mass is 10.1. The molecule has 1 aromatic heterocycles. The molecule has 1 N–H and O–H groups in total. The van der Waals surface area contributed by atoms with E-state index in [0.717, 1.165) is 5.39 Å². The second-order valence-corrected chi connectivity index (χ2v) is 6.90. The average Bonchev–Trinajstić information content (AvgIpc) is 2.76. The number of fused-ring (bicyclic) bond motifs is 1. The highest BCUT2D eigenvalue weighted by Crippen LogP contribution is 2.35. The Bertz CT molecular complexity index is 1150. The average molecular weight is 445 g/mol. The molecule has 8 nitrogen and oxygen atoms in total. The van der Waals surface area contributed by atoms with E-state index < -0.39 is 18.5 Å². The Morgan fingerprint density at radius 2 is 1.74 bits per heavy atom. The number of methoxy groups -OCH3 is 3. The Kier molecular flexibility index (Phi) is 6.81. The molecule has 3 aromatic rings. The summed E-state index contributed by atoms with van der Waals surface area (Å²) in [6, 6.07) is 10.1. The Balaban J connectivity index is 1.70. The summed E-state index contributed by atoms with van der Waals surface area (Å²) in [6.07, 6.45) is 0. The normalized spacial score (nSPS) is 10.5.